The molecule has 1 aromatic rings. The third-order valence-electron chi connectivity index (χ3n) is 3.09. The van der Waals surface area contributed by atoms with E-state index in [0.29, 0.717) is 37.2 Å². The molecule has 0 radical (unpaired) electrons. The summed E-state index contributed by atoms with van der Waals surface area (Å²) in [5.41, 5.74) is 0.556. The van der Waals surface area contributed by atoms with E-state index in [1.54, 1.807) is 4.57 Å². The molecule has 0 saturated heterocycles. The topological polar surface area (TPSA) is 92.4 Å². The van der Waals surface area contributed by atoms with Crippen LogP contribution in [0.4, 0.5) is 0 Å². The second-order valence-corrected chi connectivity index (χ2v) is 4.10. The average Bonchev–Trinajstić information content (AvgIpc) is 2.67. The Bertz CT molecular complexity index is 478. The number of aryl methyl sites for hydroxylation is 1. The van der Waals surface area contributed by atoms with E-state index in [9.17, 15) is 9.59 Å². The van der Waals surface area contributed by atoms with E-state index >= 15 is 0 Å². The summed E-state index contributed by atoms with van der Waals surface area (Å²) in [5.74, 6) is -1.46. The summed E-state index contributed by atoms with van der Waals surface area (Å²) in [6, 6.07) is -0.672. The zero-order chi connectivity index (χ0) is 12.6. The molecule has 2 heterocycles. The number of aliphatic carboxylic acids is 1. The fraction of sp³-hybridized carbons (Fsp3) is 0.545. The average molecular weight is 238 g/mol. The van der Waals surface area contributed by atoms with Gasteiger partial charge in [-0.1, -0.05) is 6.92 Å². The van der Waals surface area contributed by atoms with Gasteiger partial charge in [0.15, 0.2) is 5.69 Å². The van der Waals surface area contributed by atoms with Crippen LogP contribution in [-0.2, 0) is 17.6 Å². The Morgan fingerprint density at radius 2 is 2.18 bits per heavy atom. The van der Waals surface area contributed by atoms with Gasteiger partial charge in [-0.15, -0.1) is 0 Å². The molecule has 6 heteroatoms. The summed E-state index contributed by atoms with van der Waals surface area (Å²) >= 11 is 0. The van der Waals surface area contributed by atoms with Gasteiger partial charge in [0.05, 0.1) is 5.69 Å². The van der Waals surface area contributed by atoms with Crippen molar-refractivity contribution in [3.63, 3.8) is 0 Å². The number of hydrogen-bond donors (Lipinski definition) is 2. The minimum Gasteiger partial charge on any atom is -0.480 e. The van der Waals surface area contributed by atoms with Crippen molar-refractivity contribution in [2.75, 3.05) is 0 Å². The number of carbonyl (C=O) groups is 2. The van der Waals surface area contributed by atoms with Crippen molar-refractivity contribution in [1.29, 1.82) is 0 Å². The first-order valence-corrected chi connectivity index (χ1v) is 5.62. The standard InChI is InChI=1S/C11H14N2O4/c1-2-8-12-9(11(16)17)6-4-3-5-7(10(14)15)13(6)8/h7H,2-5H2,1H3,(H,14,15)(H,16,17). The van der Waals surface area contributed by atoms with Crippen LogP contribution in [-0.4, -0.2) is 31.7 Å². The Morgan fingerprint density at radius 1 is 1.47 bits per heavy atom. The number of aromatic carboxylic acids is 1. The minimum atomic E-state index is -1.08. The Kier molecular flexibility index (Phi) is 2.87. The van der Waals surface area contributed by atoms with E-state index in [2.05, 4.69) is 4.98 Å². The lowest BCUT2D eigenvalue weighted by Gasteiger charge is -2.24. The van der Waals surface area contributed by atoms with E-state index in [0.717, 1.165) is 0 Å². The Hall–Kier alpha value is -1.85. The number of hydrogen-bond acceptors (Lipinski definition) is 3. The summed E-state index contributed by atoms with van der Waals surface area (Å²) in [6.45, 7) is 1.84. The number of imidazole rings is 1. The first-order valence-electron chi connectivity index (χ1n) is 5.62. The molecule has 92 valence electrons. The molecular weight excluding hydrogens is 224 g/mol. The van der Waals surface area contributed by atoms with Gasteiger partial charge in [0.25, 0.3) is 0 Å². The Labute approximate surface area is 97.9 Å². The molecule has 0 bridgehead atoms. The molecule has 2 N–H and O–H groups in total. The first kappa shape index (κ1) is 11.6. The van der Waals surface area contributed by atoms with Crippen molar-refractivity contribution in [1.82, 2.24) is 9.55 Å². The van der Waals surface area contributed by atoms with Crippen molar-refractivity contribution in [2.24, 2.45) is 0 Å². The molecule has 0 fully saturated rings. The van der Waals surface area contributed by atoms with Gasteiger partial charge in [0.2, 0.25) is 0 Å². The van der Waals surface area contributed by atoms with E-state index in [-0.39, 0.29) is 5.69 Å². The summed E-state index contributed by atoms with van der Waals surface area (Å²) in [6.07, 6.45) is 2.33. The van der Waals surface area contributed by atoms with Crippen molar-refractivity contribution in [3.05, 3.63) is 17.2 Å². The Balaban J connectivity index is 2.59. The van der Waals surface area contributed by atoms with Gasteiger partial charge < -0.3 is 14.8 Å². The number of carboxylic acid groups (broad SMARTS) is 2. The SMILES string of the molecule is CCc1nc(C(=O)O)c2n1C(C(=O)O)CCC2. The lowest BCUT2D eigenvalue weighted by atomic mass is 10.0. The molecule has 1 aliphatic heterocycles. The van der Waals surface area contributed by atoms with E-state index in [1.807, 2.05) is 6.92 Å². The monoisotopic (exact) mass is 238 g/mol. The van der Waals surface area contributed by atoms with Crippen molar-refractivity contribution in [2.45, 2.75) is 38.6 Å². The van der Waals surface area contributed by atoms with Crippen LogP contribution in [0.15, 0.2) is 0 Å². The normalized spacial score (nSPS) is 18.8. The van der Waals surface area contributed by atoms with Crippen LogP contribution < -0.4 is 0 Å². The largest absolute Gasteiger partial charge is 0.480 e. The number of carboxylic acids is 2. The van der Waals surface area contributed by atoms with Gasteiger partial charge >= 0.3 is 11.9 Å². The van der Waals surface area contributed by atoms with Crippen molar-refractivity contribution < 1.29 is 19.8 Å². The maximum absolute atomic E-state index is 11.2. The highest BCUT2D eigenvalue weighted by molar-refractivity contribution is 5.87. The van der Waals surface area contributed by atoms with E-state index in [1.165, 1.54) is 0 Å². The van der Waals surface area contributed by atoms with E-state index < -0.39 is 18.0 Å². The molecule has 1 aliphatic rings. The predicted octanol–water partition coefficient (Wildman–Crippen LogP) is 1.11. The van der Waals surface area contributed by atoms with Gasteiger partial charge in [-0.3, -0.25) is 0 Å². The molecule has 0 aromatic carbocycles. The zero-order valence-corrected chi connectivity index (χ0v) is 9.51. The highest BCUT2D eigenvalue weighted by Crippen LogP contribution is 2.29. The highest BCUT2D eigenvalue weighted by Gasteiger charge is 2.32. The quantitative estimate of drug-likeness (QED) is 0.822. The number of fused-ring (bicyclic) bond motifs is 1. The van der Waals surface area contributed by atoms with Crippen LogP contribution in [0.5, 0.6) is 0 Å². The lowest BCUT2D eigenvalue weighted by Crippen LogP contribution is -2.26. The smallest absolute Gasteiger partial charge is 0.356 e. The maximum Gasteiger partial charge on any atom is 0.356 e. The molecule has 0 amide bonds. The summed E-state index contributed by atoms with van der Waals surface area (Å²) < 4.78 is 1.59. The first-order chi connectivity index (χ1) is 8.06. The van der Waals surface area contributed by atoms with E-state index in [4.69, 9.17) is 10.2 Å². The molecule has 0 spiro atoms. The zero-order valence-electron chi connectivity index (χ0n) is 9.51. The molecule has 6 nitrogen and oxygen atoms in total. The third kappa shape index (κ3) is 1.79. The molecule has 0 saturated carbocycles. The fourth-order valence-electron chi connectivity index (χ4n) is 2.37. The highest BCUT2D eigenvalue weighted by atomic mass is 16.4. The fourth-order valence-corrected chi connectivity index (χ4v) is 2.37. The van der Waals surface area contributed by atoms with Crippen LogP contribution in [0.25, 0.3) is 0 Å². The second kappa shape index (κ2) is 4.20. The van der Waals surface area contributed by atoms with Gasteiger partial charge in [-0.05, 0) is 19.3 Å². The van der Waals surface area contributed by atoms with Crippen molar-refractivity contribution in [3.8, 4) is 0 Å². The van der Waals surface area contributed by atoms with Gasteiger partial charge in [0, 0.05) is 6.42 Å². The molecule has 1 atom stereocenters. The van der Waals surface area contributed by atoms with Crippen LogP contribution in [0.1, 0.15) is 47.8 Å². The van der Waals surface area contributed by atoms with Crippen LogP contribution in [0, 0.1) is 0 Å². The minimum absolute atomic E-state index is 0.00722. The lowest BCUT2D eigenvalue weighted by molar-refractivity contribution is -0.141. The number of nitrogens with zero attached hydrogens (tertiary/aromatic N) is 2. The molecule has 2 rings (SSSR count). The molecule has 17 heavy (non-hydrogen) atoms. The van der Waals surface area contributed by atoms with Crippen LogP contribution in [0.3, 0.4) is 0 Å². The molecule has 1 aromatic heterocycles. The van der Waals surface area contributed by atoms with Gasteiger partial charge in [0.1, 0.15) is 11.9 Å². The molecular formula is C11H14N2O4. The third-order valence-corrected chi connectivity index (χ3v) is 3.09. The van der Waals surface area contributed by atoms with Gasteiger partial charge in [-0.25, -0.2) is 14.6 Å². The predicted molar refractivity (Wildman–Crippen MR) is 58.2 cm³/mol. The van der Waals surface area contributed by atoms with Gasteiger partial charge in [-0.2, -0.15) is 0 Å². The van der Waals surface area contributed by atoms with Crippen molar-refractivity contribution >= 4 is 11.9 Å². The maximum atomic E-state index is 11.2. The molecule has 1 unspecified atom stereocenters. The summed E-state index contributed by atoms with van der Waals surface area (Å²) in [5, 5.41) is 18.2. The second-order valence-electron chi connectivity index (χ2n) is 4.10. The van der Waals surface area contributed by atoms with Crippen LogP contribution >= 0.6 is 0 Å². The van der Waals surface area contributed by atoms with Crippen LogP contribution in [0.2, 0.25) is 0 Å². The molecule has 0 aliphatic carbocycles. The Morgan fingerprint density at radius 3 is 2.71 bits per heavy atom. The number of aromatic nitrogens is 2. The number of rotatable bonds is 3. The summed E-state index contributed by atoms with van der Waals surface area (Å²) in [4.78, 5) is 26.3. The summed E-state index contributed by atoms with van der Waals surface area (Å²) in [7, 11) is 0.